The maximum absolute atomic E-state index is 12.9. The van der Waals surface area contributed by atoms with Gasteiger partial charge >= 0.3 is 29.6 Å². The maximum atomic E-state index is 12.9. The molecule has 2 amide bonds. The number of aliphatic hydroxyl groups is 1. The van der Waals surface area contributed by atoms with Crippen molar-refractivity contribution < 1.29 is 63.7 Å². The molecule has 0 bridgehead atoms. The topological polar surface area (TPSA) is 192 Å². The third kappa shape index (κ3) is 4.78. The number of fused-ring (bicyclic) bond motifs is 1. The number of aliphatic hydroxyl groups excluding tert-OH is 1. The number of β-lactam (4-membered cyclic amide) rings is 1. The molecule has 1 aromatic heterocycles. The molecule has 3 aliphatic heterocycles. The molecule has 3 aliphatic rings. The summed E-state index contributed by atoms with van der Waals surface area (Å²) in [7, 11) is 0. The van der Waals surface area contributed by atoms with Gasteiger partial charge in [-0.2, -0.15) is 9.36 Å². The van der Waals surface area contributed by atoms with E-state index in [1.807, 2.05) is 0 Å². The van der Waals surface area contributed by atoms with Gasteiger partial charge in [0, 0.05) is 23.7 Å². The summed E-state index contributed by atoms with van der Waals surface area (Å²) in [6.45, 7) is 0.324. The molecule has 13 nitrogen and oxygen atoms in total. The molecule has 0 aromatic carbocycles. The van der Waals surface area contributed by atoms with E-state index >= 15 is 0 Å². The molecular weight excluding hydrogens is 475 g/mol. The number of oxime groups is 1. The Morgan fingerprint density at radius 3 is 2.84 bits per heavy atom. The number of carboxylic acid groups (broad SMARTS) is 1. The number of rotatable bonds is 7. The van der Waals surface area contributed by atoms with Crippen LogP contribution in [0.3, 0.4) is 0 Å². The first-order valence-corrected chi connectivity index (χ1v) is 10.9. The Morgan fingerprint density at radius 1 is 1.47 bits per heavy atom. The van der Waals surface area contributed by atoms with Gasteiger partial charge in [0.25, 0.3) is 11.8 Å². The number of carboxylic acids is 1. The molecule has 2 fully saturated rings. The van der Waals surface area contributed by atoms with E-state index < -0.39 is 35.8 Å². The summed E-state index contributed by atoms with van der Waals surface area (Å²) in [5.41, 5.74) is 5.14. The molecule has 4 rings (SSSR count). The van der Waals surface area contributed by atoms with Crippen molar-refractivity contribution in [2.75, 3.05) is 31.3 Å². The van der Waals surface area contributed by atoms with E-state index in [1.54, 1.807) is 0 Å². The quantitative estimate of drug-likeness (QED) is 0.142. The number of nitrogens with zero attached hydrogens (tertiary/aromatic N) is 4. The molecule has 32 heavy (non-hydrogen) atoms. The van der Waals surface area contributed by atoms with E-state index in [0.717, 1.165) is 16.4 Å². The summed E-state index contributed by atoms with van der Waals surface area (Å²) >= 11 is 2.08. The van der Waals surface area contributed by atoms with Gasteiger partial charge in [-0.15, -0.1) is 11.8 Å². The summed E-state index contributed by atoms with van der Waals surface area (Å²) in [4.78, 5) is 47.2. The average molecular weight is 492 g/mol. The number of carbonyl (C=O) groups excluding carboxylic acids is 3. The van der Waals surface area contributed by atoms with E-state index in [0.29, 0.717) is 19.6 Å². The predicted molar refractivity (Wildman–Crippen MR) is 105 cm³/mol. The van der Waals surface area contributed by atoms with Crippen molar-refractivity contribution in [3.8, 4) is 0 Å². The molecule has 4 N–H and O–H groups in total. The number of hydrogen-bond acceptors (Lipinski definition) is 13. The first-order valence-electron chi connectivity index (χ1n) is 9.11. The van der Waals surface area contributed by atoms with Gasteiger partial charge in [-0.1, -0.05) is 5.16 Å². The van der Waals surface area contributed by atoms with Crippen LogP contribution in [0.15, 0.2) is 16.4 Å². The van der Waals surface area contributed by atoms with Crippen molar-refractivity contribution in [1.82, 2.24) is 19.6 Å². The number of nitrogens with two attached hydrogens (primary N) is 1. The monoisotopic (exact) mass is 492 g/mol. The van der Waals surface area contributed by atoms with Gasteiger partial charge in [-0.25, -0.2) is 0 Å². The number of thioether (sulfide) groups is 1. The van der Waals surface area contributed by atoms with Crippen LogP contribution in [-0.4, -0.2) is 86.0 Å². The maximum Gasteiger partial charge on any atom is 1.00 e. The minimum Gasteiger partial charge on any atom is -0.543 e. The van der Waals surface area contributed by atoms with Gasteiger partial charge < -0.3 is 35.6 Å². The second kappa shape index (κ2) is 10.5. The number of anilines is 1. The fraction of sp³-hybridized carbons (Fsp3) is 0.500. The molecule has 2 saturated heterocycles. The Morgan fingerprint density at radius 2 is 2.25 bits per heavy atom. The smallest absolute Gasteiger partial charge is 0.543 e. The second-order valence-corrected chi connectivity index (χ2v) is 8.63. The zero-order valence-corrected chi connectivity index (χ0v) is 20.5. The summed E-state index contributed by atoms with van der Waals surface area (Å²) in [5.74, 6) is -2.87. The van der Waals surface area contributed by atoms with Crippen LogP contribution in [0, 0.1) is 0 Å². The van der Waals surface area contributed by atoms with Crippen LogP contribution in [0.5, 0.6) is 0 Å². The molecule has 4 heterocycles. The van der Waals surface area contributed by atoms with Crippen LogP contribution in [0.4, 0.5) is 5.13 Å². The SMILES string of the molecule is Nc1nc(/C(=N/OC2CCOC2)C(=O)N[C@@H]2C(=O)N3C(C(=O)[O-])=C(CO)CS[C@H]23)ns1.[Na+]. The van der Waals surface area contributed by atoms with Gasteiger partial charge in [0.15, 0.2) is 11.2 Å². The van der Waals surface area contributed by atoms with E-state index in [4.69, 9.17) is 15.3 Å². The first kappa shape index (κ1) is 24.9. The normalized spacial score (nSPS) is 25.0. The number of amides is 2. The molecular formula is C16H17N6NaO7S2. The van der Waals surface area contributed by atoms with Crippen molar-refractivity contribution in [2.24, 2.45) is 5.16 Å². The minimum atomic E-state index is -1.57. The Labute approximate surface area is 211 Å². The minimum absolute atomic E-state index is 0. The second-order valence-electron chi connectivity index (χ2n) is 6.75. The zero-order chi connectivity index (χ0) is 22.1. The Bertz CT molecular complexity index is 980. The zero-order valence-electron chi connectivity index (χ0n) is 16.8. The van der Waals surface area contributed by atoms with Crippen molar-refractivity contribution in [1.29, 1.82) is 0 Å². The van der Waals surface area contributed by atoms with Gasteiger partial charge in [0.05, 0.1) is 31.5 Å². The van der Waals surface area contributed by atoms with Crippen LogP contribution >= 0.6 is 23.3 Å². The van der Waals surface area contributed by atoms with Crippen molar-refractivity contribution in [3.63, 3.8) is 0 Å². The summed E-state index contributed by atoms with van der Waals surface area (Å²) in [5, 5.41) is 26.7. The predicted octanol–water partition coefficient (Wildman–Crippen LogP) is -5.97. The van der Waals surface area contributed by atoms with E-state index in [9.17, 15) is 24.6 Å². The molecule has 16 heteroatoms. The van der Waals surface area contributed by atoms with Gasteiger partial charge in [-0.3, -0.25) is 14.5 Å². The third-order valence-corrected chi connectivity index (χ3v) is 6.65. The number of aromatic nitrogens is 2. The van der Waals surface area contributed by atoms with Crippen LogP contribution < -0.4 is 45.7 Å². The Hall–Kier alpha value is -1.75. The third-order valence-electron chi connectivity index (χ3n) is 4.77. The van der Waals surface area contributed by atoms with Crippen molar-refractivity contribution >= 4 is 51.9 Å². The van der Waals surface area contributed by atoms with E-state index in [2.05, 4.69) is 19.8 Å². The molecule has 1 aromatic rings. The number of ether oxygens (including phenoxy) is 1. The Balaban J connectivity index is 0.00000289. The number of hydrogen-bond donors (Lipinski definition) is 3. The van der Waals surface area contributed by atoms with Gasteiger partial charge in [0.2, 0.25) is 11.5 Å². The summed E-state index contributed by atoms with van der Waals surface area (Å²) in [6.07, 6.45) is 0.270. The van der Waals surface area contributed by atoms with Gasteiger partial charge in [-0.05, 0) is 5.57 Å². The number of aliphatic carboxylic acids is 1. The first-order chi connectivity index (χ1) is 14.9. The van der Waals surface area contributed by atoms with Crippen LogP contribution in [-0.2, 0) is 24.0 Å². The standard InChI is InChI=1S/C16H18N6O7S2.Na/c17-16-19-11(21-31-16)8(20-29-7-1-2-28-4-7)12(24)18-9-13(25)22-10(15(26)27)6(3-23)5-30-14(9)22;/h7,9,14,23H,1-5H2,(H,18,24)(H,26,27)(H2,17,19,21);/q;+1/p-1/b20-8-;/t7?,9-,14-;/m1./s1. The fourth-order valence-corrected chi connectivity index (χ4v) is 5.01. The van der Waals surface area contributed by atoms with Gasteiger partial charge in [0.1, 0.15) is 11.4 Å². The van der Waals surface area contributed by atoms with Crippen LogP contribution in [0.2, 0.25) is 0 Å². The van der Waals surface area contributed by atoms with E-state index in [1.165, 1.54) is 11.8 Å². The van der Waals surface area contributed by atoms with E-state index in [-0.39, 0.29) is 69.4 Å². The van der Waals surface area contributed by atoms with Crippen molar-refractivity contribution in [2.45, 2.75) is 23.9 Å². The number of nitrogen functional groups attached to an aromatic ring is 1. The molecule has 166 valence electrons. The summed E-state index contributed by atoms with van der Waals surface area (Å²) in [6, 6.07) is -1.01. The number of nitrogens with one attached hydrogen (secondary N) is 1. The molecule has 0 radical (unpaired) electrons. The van der Waals surface area contributed by atoms with Crippen molar-refractivity contribution in [3.05, 3.63) is 17.1 Å². The molecule has 0 aliphatic carbocycles. The fourth-order valence-electron chi connectivity index (χ4n) is 3.24. The molecule has 3 atom stereocenters. The Kier molecular flexibility index (Phi) is 8.13. The molecule has 0 saturated carbocycles. The number of carbonyl (C=O) groups is 3. The largest absolute Gasteiger partial charge is 1.00 e. The van der Waals surface area contributed by atoms with Crippen LogP contribution in [0.1, 0.15) is 12.2 Å². The summed E-state index contributed by atoms with van der Waals surface area (Å²) < 4.78 is 9.17. The molecule has 1 unspecified atom stereocenters. The molecule has 0 spiro atoms. The average Bonchev–Trinajstić information content (AvgIpc) is 3.42. The van der Waals surface area contributed by atoms with Crippen LogP contribution in [0.25, 0.3) is 0 Å².